The molecule has 0 aliphatic rings. The molecule has 0 heterocycles. The second kappa shape index (κ2) is 9.47. The summed E-state index contributed by atoms with van der Waals surface area (Å²) in [5.41, 5.74) is -2.49. The van der Waals surface area contributed by atoms with Crippen molar-refractivity contribution >= 4 is 17.6 Å². The number of aromatic hydroxyl groups is 1. The monoisotopic (exact) mass is 455 g/mol. The lowest BCUT2D eigenvalue weighted by Crippen LogP contribution is -2.28. The van der Waals surface area contributed by atoms with E-state index in [0.29, 0.717) is 17.5 Å². The highest BCUT2D eigenvalue weighted by atomic mass is 19.4. The number of amides is 1. The van der Waals surface area contributed by atoms with E-state index in [2.05, 4.69) is 0 Å². The third-order valence-electron chi connectivity index (χ3n) is 4.30. The number of benzene rings is 2. The summed E-state index contributed by atoms with van der Waals surface area (Å²) in [4.78, 5) is 25.3. The van der Waals surface area contributed by atoms with Gasteiger partial charge in [-0.25, -0.2) is 4.79 Å². The first kappa shape index (κ1) is 25.0. The van der Waals surface area contributed by atoms with Gasteiger partial charge < -0.3 is 24.6 Å². The number of rotatable bonds is 6. The molecule has 0 fully saturated rings. The Hall–Kier alpha value is -3.27. The van der Waals surface area contributed by atoms with E-state index in [1.165, 1.54) is 24.1 Å². The Kier molecular flexibility index (Phi) is 7.40. The van der Waals surface area contributed by atoms with Crippen molar-refractivity contribution in [1.82, 2.24) is 0 Å². The van der Waals surface area contributed by atoms with Gasteiger partial charge >= 0.3 is 12.1 Å². The topological polar surface area (TPSA) is 96.3 Å². The largest absolute Gasteiger partial charge is 0.506 e. The van der Waals surface area contributed by atoms with Crippen LogP contribution in [0.5, 0.6) is 11.5 Å². The van der Waals surface area contributed by atoms with Crippen molar-refractivity contribution in [2.24, 2.45) is 0 Å². The van der Waals surface area contributed by atoms with Crippen LogP contribution in [0.15, 0.2) is 36.4 Å². The number of hydrogen-bond acceptors (Lipinski definition) is 6. The van der Waals surface area contributed by atoms with Gasteiger partial charge in [-0.05, 0) is 51.1 Å². The quantitative estimate of drug-likeness (QED) is 0.642. The van der Waals surface area contributed by atoms with Crippen molar-refractivity contribution in [2.45, 2.75) is 39.2 Å². The maximum Gasteiger partial charge on any atom is 0.419 e. The van der Waals surface area contributed by atoms with Gasteiger partial charge in [-0.1, -0.05) is 6.07 Å². The van der Waals surface area contributed by atoms with E-state index in [9.17, 15) is 27.9 Å². The van der Waals surface area contributed by atoms with Gasteiger partial charge in [0, 0.05) is 18.3 Å². The lowest BCUT2D eigenvalue weighted by atomic mass is 10.0. The summed E-state index contributed by atoms with van der Waals surface area (Å²) in [7, 11) is 1.48. The number of ether oxygens (including phenoxy) is 2. The van der Waals surface area contributed by atoms with Gasteiger partial charge in [-0.3, -0.25) is 4.79 Å². The molecule has 2 N–H and O–H groups in total. The molecule has 174 valence electrons. The Morgan fingerprint density at radius 2 is 1.62 bits per heavy atom. The van der Waals surface area contributed by atoms with Crippen LogP contribution >= 0.6 is 0 Å². The number of hydrogen-bond donors (Lipinski definition) is 2. The van der Waals surface area contributed by atoms with Crippen LogP contribution in [0.1, 0.15) is 42.3 Å². The number of phenolic OH excluding ortho intramolecular Hbond substituents is 1. The molecule has 0 aliphatic heterocycles. The van der Waals surface area contributed by atoms with Crippen LogP contribution in [0.2, 0.25) is 0 Å². The molecule has 2 rings (SSSR count). The summed E-state index contributed by atoms with van der Waals surface area (Å²) in [6.45, 7) is 3.66. The second-order valence-corrected chi connectivity index (χ2v) is 7.89. The van der Waals surface area contributed by atoms with Crippen molar-refractivity contribution in [3.63, 3.8) is 0 Å². The fourth-order valence-corrected chi connectivity index (χ4v) is 2.72. The molecular weight excluding hydrogens is 431 g/mol. The normalized spacial score (nSPS) is 11.8. The molecule has 0 saturated carbocycles. The number of aliphatic hydroxyl groups excluding tert-OH is 1. The van der Waals surface area contributed by atoms with Crippen LogP contribution in [0.25, 0.3) is 0 Å². The van der Waals surface area contributed by atoms with Crippen molar-refractivity contribution in [3.05, 3.63) is 53.1 Å². The van der Waals surface area contributed by atoms with E-state index in [4.69, 9.17) is 14.6 Å². The summed E-state index contributed by atoms with van der Waals surface area (Å²) in [6, 6.07) is 7.81. The number of carbonyl (C=O) groups is 2. The average molecular weight is 455 g/mol. The molecule has 0 unspecified atom stereocenters. The molecular formula is C22H24F3NO6. The second-order valence-electron chi connectivity index (χ2n) is 7.89. The number of aliphatic hydroxyl groups is 1. The summed E-state index contributed by atoms with van der Waals surface area (Å²) in [5.74, 6) is -2.56. The fraction of sp³-hybridized carbons (Fsp3) is 0.364. The number of alkyl halides is 3. The minimum absolute atomic E-state index is 0.00130. The van der Waals surface area contributed by atoms with Crippen molar-refractivity contribution in [2.75, 3.05) is 18.6 Å². The number of esters is 1. The Morgan fingerprint density at radius 1 is 1.03 bits per heavy atom. The maximum absolute atomic E-state index is 13.2. The molecule has 0 radical (unpaired) electrons. The molecule has 0 atom stereocenters. The van der Waals surface area contributed by atoms with E-state index in [0.717, 1.165) is 6.07 Å². The minimum atomic E-state index is -4.87. The van der Waals surface area contributed by atoms with Crippen LogP contribution < -0.4 is 9.64 Å². The lowest BCUT2D eigenvalue weighted by molar-refractivity contribution is -0.138. The number of anilines is 1. The van der Waals surface area contributed by atoms with Crippen LogP contribution in [-0.4, -0.2) is 41.3 Å². The van der Waals surface area contributed by atoms with Gasteiger partial charge in [0.1, 0.15) is 35.9 Å². The van der Waals surface area contributed by atoms with Gasteiger partial charge in [-0.2, -0.15) is 13.2 Å². The van der Waals surface area contributed by atoms with Gasteiger partial charge in [0.2, 0.25) is 0 Å². The first-order valence-corrected chi connectivity index (χ1v) is 9.50. The minimum Gasteiger partial charge on any atom is -0.506 e. The number of halogens is 3. The molecule has 10 heteroatoms. The van der Waals surface area contributed by atoms with Crippen LogP contribution in [-0.2, 0) is 22.3 Å². The van der Waals surface area contributed by atoms with Gasteiger partial charge in [-0.15, -0.1) is 0 Å². The summed E-state index contributed by atoms with van der Waals surface area (Å²) >= 11 is 0. The van der Waals surface area contributed by atoms with Crippen molar-refractivity contribution in [3.8, 4) is 11.5 Å². The highest BCUT2D eigenvalue weighted by Crippen LogP contribution is 2.39. The smallest absolute Gasteiger partial charge is 0.419 e. The lowest BCUT2D eigenvalue weighted by Gasteiger charge is -2.22. The van der Waals surface area contributed by atoms with Gasteiger partial charge in [0.25, 0.3) is 5.91 Å². The van der Waals surface area contributed by atoms with Gasteiger partial charge in [0.15, 0.2) is 0 Å². The predicted octanol–water partition coefficient (Wildman–Crippen LogP) is 3.90. The molecule has 0 saturated heterocycles. The number of likely N-dealkylation sites (N-methyl/N-ethyl adjacent to an activating group) is 1. The Balaban J connectivity index is 2.32. The molecule has 1 amide bonds. The zero-order chi connectivity index (χ0) is 24.3. The molecule has 7 nitrogen and oxygen atoms in total. The van der Waals surface area contributed by atoms with Crippen LogP contribution in [0.4, 0.5) is 18.9 Å². The predicted molar refractivity (Wildman–Crippen MR) is 110 cm³/mol. The highest BCUT2D eigenvalue weighted by molar-refractivity contribution is 5.95. The summed E-state index contributed by atoms with van der Waals surface area (Å²) in [6.07, 6.45) is -4.87. The molecule has 0 spiro atoms. The Labute approximate surface area is 183 Å². The summed E-state index contributed by atoms with van der Waals surface area (Å²) in [5, 5.41) is 19.1. The Bertz CT molecular complexity index is 981. The zero-order valence-electron chi connectivity index (χ0n) is 18.0. The fourth-order valence-electron chi connectivity index (χ4n) is 2.72. The van der Waals surface area contributed by atoms with E-state index in [1.54, 1.807) is 32.9 Å². The maximum atomic E-state index is 13.2. The molecule has 32 heavy (non-hydrogen) atoms. The van der Waals surface area contributed by atoms with Crippen molar-refractivity contribution < 1.29 is 42.4 Å². The molecule has 2 aromatic rings. The first-order chi connectivity index (χ1) is 14.7. The van der Waals surface area contributed by atoms with E-state index < -0.39 is 47.1 Å². The third-order valence-corrected chi connectivity index (χ3v) is 4.30. The van der Waals surface area contributed by atoms with Crippen molar-refractivity contribution in [1.29, 1.82) is 0 Å². The molecule has 0 aliphatic carbocycles. The molecule has 0 aromatic heterocycles. The van der Waals surface area contributed by atoms with Crippen LogP contribution in [0, 0.1) is 0 Å². The highest BCUT2D eigenvalue weighted by Gasteiger charge is 2.37. The van der Waals surface area contributed by atoms with Crippen LogP contribution in [0.3, 0.4) is 0 Å². The summed E-state index contributed by atoms with van der Waals surface area (Å²) < 4.78 is 50.4. The average Bonchev–Trinajstić information content (AvgIpc) is 2.69. The molecule has 2 aromatic carbocycles. The zero-order valence-corrected chi connectivity index (χ0v) is 18.0. The van der Waals surface area contributed by atoms with Gasteiger partial charge in [0.05, 0.1) is 5.56 Å². The number of nitrogens with zero attached hydrogens (tertiary/aromatic N) is 1. The molecule has 0 bridgehead atoms. The first-order valence-electron chi connectivity index (χ1n) is 9.50. The van der Waals surface area contributed by atoms with E-state index >= 15 is 0 Å². The SMILES string of the molecule is CN(C(=O)CO)c1ccc(OCc2ccc(C(F)(F)F)c(O)c2C(=O)OC(C)(C)C)cc1. The van der Waals surface area contributed by atoms with E-state index in [-0.39, 0.29) is 12.2 Å². The number of phenols is 1. The third kappa shape index (κ3) is 6.13. The number of carbonyl (C=O) groups excluding carboxylic acids is 2. The standard InChI is InChI=1S/C22H24F3NO6/c1-21(2,3)32-20(30)18-13(5-10-16(19(18)29)22(23,24)25)12-31-15-8-6-14(7-9-15)26(4)17(28)11-27/h5-10,27,29H,11-12H2,1-4H3. The van der Waals surface area contributed by atoms with E-state index in [1.807, 2.05) is 0 Å². The Morgan fingerprint density at radius 3 is 2.12 bits per heavy atom.